The summed E-state index contributed by atoms with van der Waals surface area (Å²) in [7, 11) is 0. The van der Waals surface area contributed by atoms with Crippen molar-refractivity contribution in [2.45, 2.75) is 31.6 Å². The fourth-order valence-corrected chi connectivity index (χ4v) is 3.24. The quantitative estimate of drug-likeness (QED) is 0.931. The molecule has 1 fully saturated rings. The zero-order valence-electron chi connectivity index (χ0n) is 11.1. The molecule has 0 radical (unpaired) electrons. The number of aromatic nitrogens is 2. The monoisotopic (exact) mass is 334 g/mol. The summed E-state index contributed by atoms with van der Waals surface area (Å²) in [4.78, 5) is 15.2. The molecule has 0 bridgehead atoms. The predicted molar refractivity (Wildman–Crippen MR) is 79.2 cm³/mol. The van der Waals surface area contributed by atoms with Crippen LogP contribution in [0.4, 0.5) is 0 Å². The van der Waals surface area contributed by atoms with Gasteiger partial charge in [-0.1, -0.05) is 6.07 Å². The third-order valence-electron chi connectivity index (χ3n) is 3.99. The minimum absolute atomic E-state index is 0.156. The van der Waals surface area contributed by atoms with Crippen LogP contribution in [0.1, 0.15) is 30.7 Å². The Labute approximate surface area is 125 Å². The number of halogens is 1. The molecule has 104 valence electrons. The van der Waals surface area contributed by atoms with Gasteiger partial charge in [-0.15, -0.1) is 0 Å². The highest BCUT2D eigenvalue weighted by atomic mass is 79.9. The second-order valence-corrected chi connectivity index (χ2v) is 6.22. The number of benzene rings is 1. The average molecular weight is 335 g/mol. The number of carbonyl (C=O) groups is 1. The van der Waals surface area contributed by atoms with E-state index in [1.807, 2.05) is 35.9 Å². The summed E-state index contributed by atoms with van der Waals surface area (Å²) in [5.74, 6) is 0.193. The molecule has 0 atom stereocenters. The number of carboxylic acids is 1. The summed E-state index contributed by atoms with van der Waals surface area (Å²) < 4.78 is 2.97. The third kappa shape index (κ3) is 2.26. The molecule has 0 spiro atoms. The van der Waals surface area contributed by atoms with Gasteiger partial charge in [0.25, 0.3) is 0 Å². The van der Waals surface area contributed by atoms with E-state index < -0.39 is 5.97 Å². The molecular weight excluding hydrogens is 320 g/mol. The topological polar surface area (TPSA) is 55.1 Å². The molecule has 0 amide bonds. The van der Waals surface area contributed by atoms with Crippen molar-refractivity contribution in [3.05, 3.63) is 46.5 Å². The van der Waals surface area contributed by atoms with Crippen LogP contribution in [0, 0.1) is 6.92 Å². The van der Waals surface area contributed by atoms with E-state index in [0.717, 1.165) is 34.4 Å². The number of carboxylic acid groups (broad SMARTS) is 1. The van der Waals surface area contributed by atoms with Crippen molar-refractivity contribution in [3.63, 3.8) is 0 Å². The molecule has 0 saturated heterocycles. The van der Waals surface area contributed by atoms with Gasteiger partial charge in [0.15, 0.2) is 0 Å². The third-order valence-corrected chi connectivity index (χ3v) is 4.62. The SMILES string of the molecule is Cc1nccn1-c1ccc(C2(CC(=O)O)CC2)cc1Br. The van der Waals surface area contributed by atoms with Crippen LogP contribution >= 0.6 is 15.9 Å². The maximum absolute atomic E-state index is 11.0. The molecule has 5 heteroatoms. The van der Waals surface area contributed by atoms with Gasteiger partial charge in [-0.05, 0) is 53.4 Å². The molecule has 1 N–H and O–H groups in total. The fraction of sp³-hybridized carbons (Fsp3) is 0.333. The van der Waals surface area contributed by atoms with Crippen molar-refractivity contribution in [1.82, 2.24) is 9.55 Å². The van der Waals surface area contributed by atoms with Gasteiger partial charge in [0.05, 0.1) is 12.1 Å². The van der Waals surface area contributed by atoms with Gasteiger partial charge in [0, 0.05) is 22.3 Å². The van der Waals surface area contributed by atoms with Gasteiger partial charge in [-0.25, -0.2) is 4.98 Å². The Hall–Kier alpha value is -1.62. The summed E-state index contributed by atoms with van der Waals surface area (Å²) in [5.41, 5.74) is 1.97. The number of hydrogen-bond acceptors (Lipinski definition) is 2. The van der Waals surface area contributed by atoms with Crippen LogP contribution in [-0.2, 0) is 10.2 Å². The van der Waals surface area contributed by atoms with Crippen molar-refractivity contribution < 1.29 is 9.90 Å². The molecular formula is C15H15BrN2O2. The molecule has 3 rings (SSSR count). The van der Waals surface area contributed by atoms with Crippen molar-refractivity contribution in [3.8, 4) is 5.69 Å². The van der Waals surface area contributed by atoms with E-state index in [2.05, 4.69) is 20.9 Å². The van der Waals surface area contributed by atoms with Crippen LogP contribution in [0.2, 0.25) is 0 Å². The molecule has 0 aliphatic heterocycles. The van der Waals surface area contributed by atoms with E-state index in [-0.39, 0.29) is 11.8 Å². The van der Waals surface area contributed by atoms with Crippen LogP contribution < -0.4 is 0 Å². The molecule has 1 aliphatic rings. The highest BCUT2D eigenvalue weighted by molar-refractivity contribution is 9.10. The van der Waals surface area contributed by atoms with Crippen molar-refractivity contribution in [1.29, 1.82) is 0 Å². The number of imidazole rings is 1. The van der Waals surface area contributed by atoms with Gasteiger partial charge < -0.3 is 9.67 Å². The Morgan fingerprint density at radius 3 is 2.75 bits per heavy atom. The first-order valence-corrected chi connectivity index (χ1v) is 7.33. The van der Waals surface area contributed by atoms with Crippen LogP contribution in [0.3, 0.4) is 0 Å². The van der Waals surface area contributed by atoms with E-state index in [4.69, 9.17) is 5.11 Å². The first-order valence-electron chi connectivity index (χ1n) is 6.54. The highest BCUT2D eigenvalue weighted by Crippen LogP contribution is 2.51. The number of rotatable bonds is 4. The van der Waals surface area contributed by atoms with E-state index in [0.29, 0.717) is 0 Å². The van der Waals surface area contributed by atoms with Crippen LogP contribution in [0.15, 0.2) is 35.1 Å². The van der Waals surface area contributed by atoms with Gasteiger partial charge in [0.1, 0.15) is 5.82 Å². The second kappa shape index (κ2) is 4.74. The molecule has 1 aliphatic carbocycles. The minimum atomic E-state index is -0.729. The molecule has 1 aromatic heterocycles. The first kappa shape index (κ1) is 13.4. The van der Waals surface area contributed by atoms with Crippen molar-refractivity contribution >= 4 is 21.9 Å². The summed E-state index contributed by atoms with van der Waals surface area (Å²) in [5, 5.41) is 9.04. The largest absolute Gasteiger partial charge is 0.481 e. The summed E-state index contributed by atoms with van der Waals surface area (Å²) in [6.45, 7) is 1.95. The Bertz CT molecular complexity index is 674. The van der Waals surface area contributed by atoms with E-state index in [1.54, 1.807) is 6.20 Å². The number of aliphatic carboxylic acids is 1. The lowest BCUT2D eigenvalue weighted by atomic mass is 9.92. The van der Waals surface area contributed by atoms with Gasteiger partial charge in [0.2, 0.25) is 0 Å². The van der Waals surface area contributed by atoms with E-state index in [1.165, 1.54) is 0 Å². The second-order valence-electron chi connectivity index (χ2n) is 5.36. The maximum Gasteiger partial charge on any atom is 0.304 e. The van der Waals surface area contributed by atoms with Gasteiger partial charge >= 0.3 is 5.97 Å². The normalized spacial score (nSPS) is 16.1. The molecule has 2 aromatic rings. The number of hydrogen-bond donors (Lipinski definition) is 1. The zero-order valence-corrected chi connectivity index (χ0v) is 12.7. The lowest BCUT2D eigenvalue weighted by Crippen LogP contribution is -2.13. The minimum Gasteiger partial charge on any atom is -0.481 e. The summed E-state index contributed by atoms with van der Waals surface area (Å²) >= 11 is 3.59. The molecule has 1 saturated carbocycles. The summed E-state index contributed by atoms with van der Waals surface area (Å²) in [6, 6.07) is 6.11. The molecule has 4 nitrogen and oxygen atoms in total. The van der Waals surface area contributed by atoms with Gasteiger partial charge in [-0.3, -0.25) is 4.79 Å². The van der Waals surface area contributed by atoms with Crippen molar-refractivity contribution in [2.75, 3.05) is 0 Å². The molecule has 0 unspecified atom stereocenters. The fourth-order valence-electron chi connectivity index (χ4n) is 2.67. The Morgan fingerprint density at radius 2 is 2.25 bits per heavy atom. The molecule has 1 heterocycles. The summed E-state index contributed by atoms with van der Waals surface area (Å²) in [6.07, 6.45) is 5.80. The highest BCUT2D eigenvalue weighted by Gasteiger charge is 2.46. The maximum atomic E-state index is 11.0. The lowest BCUT2D eigenvalue weighted by Gasteiger charge is -2.16. The Morgan fingerprint density at radius 1 is 1.50 bits per heavy atom. The van der Waals surface area contributed by atoms with Gasteiger partial charge in [-0.2, -0.15) is 0 Å². The Kier molecular flexibility index (Phi) is 3.17. The molecule has 1 aromatic carbocycles. The predicted octanol–water partition coefficient (Wildman–Crippen LogP) is 3.45. The van der Waals surface area contributed by atoms with E-state index >= 15 is 0 Å². The van der Waals surface area contributed by atoms with Crippen LogP contribution in [0.5, 0.6) is 0 Å². The first-order chi connectivity index (χ1) is 9.52. The standard InChI is InChI=1S/C15H15BrN2O2/c1-10-17-6-7-18(10)13-3-2-11(8-12(13)16)15(4-5-15)9-14(19)20/h2-3,6-8H,4-5,9H2,1H3,(H,19,20). The number of aryl methyl sites for hydroxylation is 1. The van der Waals surface area contributed by atoms with Crippen molar-refractivity contribution in [2.24, 2.45) is 0 Å². The van der Waals surface area contributed by atoms with Crippen LogP contribution in [0.25, 0.3) is 5.69 Å². The smallest absolute Gasteiger partial charge is 0.304 e. The lowest BCUT2D eigenvalue weighted by molar-refractivity contribution is -0.137. The van der Waals surface area contributed by atoms with Crippen LogP contribution in [-0.4, -0.2) is 20.6 Å². The number of nitrogens with zero attached hydrogens (tertiary/aromatic N) is 2. The zero-order chi connectivity index (χ0) is 14.3. The Balaban J connectivity index is 1.96. The molecule has 20 heavy (non-hydrogen) atoms. The van der Waals surface area contributed by atoms with E-state index in [9.17, 15) is 4.79 Å². The average Bonchev–Trinajstić information content (AvgIpc) is 3.03.